The van der Waals surface area contributed by atoms with Gasteiger partial charge < -0.3 is 47.1 Å². The maximum atomic E-state index is 15.4. The third-order valence-electron chi connectivity index (χ3n) is 8.30. The molecular formula is C25H29F4N12O6+. The van der Waals surface area contributed by atoms with Gasteiger partial charge in [0.05, 0.1) is 41.8 Å². The Morgan fingerprint density at radius 1 is 1.09 bits per heavy atom. The number of ether oxygens (including phenoxy) is 2. The van der Waals surface area contributed by atoms with Gasteiger partial charge in [-0.05, 0) is 17.4 Å². The highest BCUT2D eigenvalue weighted by molar-refractivity contribution is 6.43. The number of amidine groups is 1. The van der Waals surface area contributed by atoms with Crippen molar-refractivity contribution in [1.29, 1.82) is 0 Å². The standard InChI is InChI=1S/C25H29F4N12O6/c26-12-14(47-25(7-43,17(12)45)21(28)29)8-1-9-2-10(33-3-8)18(30)38-23(36-9)39-35-5-24(6-42)16(44)13(27)15(46-24)11-4-34-20-19(31)37-22(32)40-41(11)20/h3-4,9,12-17,21,42-45H,1-2,6-7H2,(H3,30,36,38,39)(H4,31,32,37,40)/q+1/t9?,12-,13-,14-,15-,16-,17-,24+,25+/m0/s1. The topological polar surface area (TPSA) is 274 Å². The van der Waals surface area contributed by atoms with Crippen LogP contribution in [-0.4, -0.2) is 125 Å². The third kappa shape index (κ3) is 5.29. The number of nitrogens with zero attached hydrogens (tertiary/aromatic N) is 8. The Labute approximate surface area is 261 Å². The maximum Gasteiger partial charge on any atom is 0.360 e. The maximum absolute atomic E-state index is 15.4. The Balaban J connectivity index is 1.23. The van der Waals surface area contributed by atoms with Gasteiger partial charge in [0.15, 0.2) is 29.4 Å². The Bertz CT molecular complexity index is 1760. The van der Waals surface area contributed by atoms with Crippen molar-refractivity contribution in [1.82, 2.24) is 25.0 Å². The lowest BCUT2D eigenvalue weighted by molar-refractivity contribution is -0.181. The number of hydrogen-bond acceptors (Lipinski definition) is 16. The molecule has 0 radical (unpaired) electrons. The van der Waals surface area contributed by atoms with Crippen LogP contribution in [0.3, 0.4) is 0 Å². The molecule has 0 spiro atoms. The van der Waals surface area contributed by atoms with Crippen LogP contribution in [0.5, 0.6) is 0 Å². The summed E-state index contributed by atoms with van der Waals surface area (Å²) in [7, 11) is 0. The fraction of sp³-hybridized carbons (Fsp3) is 0.560. The predicted molar refractivity (Wildman–Crippen MR) is 154 cm³/mol. The number of alkyl halides is 4. The molecule has 1 unspecified atom stereocenters. The first-order valence-electron chi connectivity index (χ1n) is 14.0. The lowest BCUT2D eigenvalue weighted by atomic mass is 9.93. The molecule has 4 aliphatic heterocycles. The zero-order valence-electron chi connectivity index (χ0n) is 24.0. The molecule has 9 atom stereocenters. The number of aromatic nitrogens is 4. The molecule has 6 rings (SSSR count). The van der Waals surface area contributed by atoms with Crippen molar-refractivity contribution in [3.05, 3.63) is 28.6 Å². The van der Waals surface area contributed by atoms with Crippen LogP contribution in [-0.2, 0) is 9.47 Å². The Morgan fingerprint density at radius 3 is 2.51 bits per heavy atom. The highest BCUT2D eigenvalue weighted by atomic mass is 19.3. The second-order valence-corrected chi connectivity index (χ2v) is 11.2. The molecule has 18 nitrogen and oxygen atoms in total. The molecular weight excluding hydrogens is 640 g/mol. The van der Waals surface area contributed by atoms with Gasteiger partial charge in [0, 0.05) is 12.6 Å². The van der Waals surface area contributed by atoms with E-state index in [1.54, 1.807) is 0 Å². The second kappa shape index (κ2) is 11.9. The number of nitrogens with one attached hydrogen (secondary N) is 1. The highest BCUT2D eigenvalue weighted by Crippen LogP contribution is 2.43. The molecule has 2 aromatic heterocycles. The predicted octanol–water partition coefficient (Wildman–Crippen LogP) is -2.06. The molecule has 6 heterocycles. The molecule has 4 aliphatic rings. The van der Waals surface area contributed by atoms with Crippen LogP contribution in [0.25, 0.3) is 10.6 Å². The minimum atomic E-state index is -3.39. The average Bonchev–Trinajstić information content (AvgIpc) is 3.53. The number of aliphatic hydroxyl groups is 4. The molecule has 22 heteroatoms. The van der Waals surface area contributed by atoms with Crippen LogP contribution in [0, 0.1) is 6.07 Å². The van der Waals surface area contributed by atoms with Gasteiger partial charge in [-0.15, -0.1) is 5.10 Å². The first-order valence-corrected chi connectivity index (χ1v) is 14.0. The van der Waals surface area contributed by atoms with Gasteiger partial charge in [-0.1, -0.05) is 0 Å². The van der Waals surface area contributed by atoms with Gasteiger partial charge in [-0.25, -0.2) is 32.1 Å². The van der Waals surface area contributed by atoms with Crippen molar-refractivity contribution in [3.63, 3.8) is 0 Å². The van der Waals surface area contributed by atoms with E-state index in [-0.39, 0.29) is 59.0 Å². The fourth-order valence-electron chi connectivity index (χ4n) is 5.76. The van der Waals surface area contributed by atoms with E-state index in [1.807, 2.05) is 0 Å². The van der Waals surface area contributed by atoms with Crippen molar-refractivity contribution in [2.45, 2.75) is 73.3 Å². The monoisotopic (exact) mass is 669 g/mol. The third-order valence-corrected chi connectivity index (χ3v) is 8.30. The van der Waals surface area contributed by atoms with Crippen molar-refractivity contribution in [3.8, 4) is 6.07 Å². The van der Waals surface area contributed by atoms with Crippen molar-refractivity contribution >= 4 is 34.9 Å². The molecule has 0 aromatic carbocycles. The molecule has 252 valence electrons. The van der Waals surface area contributed by atoms with Crippen molar-refractivity contribution < 1.29 is 47.5 Å². The first-order chi connectivity index (χ1) is 22.3. The lowest BCUT2D eigenvalue weighted by Gasteiger charge is -2.28. The molecule has 0 aliphatic carbocycles. The number of aliphatic imine (C=N–C) groups is 3. The number of guanidine groups is 1. The quantitative estimate of drug-likeness (QED) is 0.126. The molecule has 2 saturated heterocycles. The number of anilines is 2. The summed E-state index contributed by atoms with van der Waals surface area (Å²) in [4.78, 5) is 24.3. The molecule has 2 fully saturated rings. The number of fused-ring (bicyclic) bond motifs is 3. The smallest absolute Gasteiger partial charge is 0.360 e. The van der Waals surface area contributed by atoms with Crippen molar-refractivity contribution in [2.75, 3.05) is 24.7 Å². The summed E-state index contributed by atoms with van der Waals surface area (Å²) in [6.07, 6.45) is -13.0. The molecule has 0 saturated carbocycles. The fourth-order valence-corrected chi connectivity index (χ4v) is 5.76. The van der Waals surface area contributed by atoms with E-state index in [9.17, 15) is 29.2 Å². The number of rotatable bonds is 5. The van der Waals surface area contributed by atoms with Crippen LogP contribution >= 0.6 is 0 Å². The number of hydrogen-bond donors (Lipinski definition) is 8. The summed E-state index contributed by atoms with van der Waals surface area (Å²) in [6.45, 7) is -2.31. The average molecular weight is 670 g/mol. The van der Waals surface area contributed by atoms with E-state index in [4.69, 9.17) is 26.7 Å². The number of imidazole rings is 1. The lowest BCUT2D eigenvalue weighted by Crippen LogP contribution is -2.51. The van der Waals surface area contributed by atoms with Gasteiger partial charge in [-0.2, -0.15) is 9.98 Å². The summed E-state index contributed by atoms with van der Waals surface area (Å²) in [5.74, 6) is -0.716. The second-order valence-electron chi connectivity index (χ2n) is 11.2. The molecule has 47 heavy (non-hydrogen) atoms. The minimum Gasteiger partial charge on any atom is -0.393 e. The molecule has 2 aromatic rings. The van der Waals surface area contributed by atoms with E-state index in [1.165, 1.54) is 12.4 Å². The number of nitrogens with two attached hydrogens (primary N) is 3. The van der Waals surface area contributed by atoms with Crippen LogP contribution in [0.2, 0.25) is 0 Å². The largest absolute Gasteiger partial charge is 0.393 e. The SMILES string of the molecule is NC1=NC(N[N+]#C[C@]2(CO)O[C@@H](c3cnc4c(N)nc(N)nn34)[C@H](F)[C@@H]2O)=NC2CC([C@@H]3O[C@@](CO)(C(F)F)[C@@H](O)[C@H]3F)=CN=C1C2. The van der Waals surface area contributed by atoms with Gasteiger partial charge >= 0.3 is 6.07 Å². The van der Waals surface area contributed by atoms with E-state index in [0.29, 0.717) is 0 Å². The Kier molecular flexibility index (Phi) is 8.22. The van der Waals surface area contributed by atoms with Crippen LogP contribution in [0.1, 0.15) is 24.6 Å². The van der Waals surface area contributed by atoms with Gasteiger partial charge in [0.2, 0.25) is 5.95 Å². The highest BCUT2D eigenvalue weighted by Gasteiger charge is 2.62. The summed E-state index contributed by atoms with van der Waals surface area (Å²) < 4.78 is 69.9. The molecule has 0 amide bonds. The van der Waals surface area contributed by atoms with Gasteiger partial charge in [-0.3, -0.25) is 4.99 Å². The van der Waals surface area contributed by atoms with E-state index in [2.05, 4.69) is 46.5 Å². The van der Waals surface area contributed by atoms with Gasteiger partial charge in [0.25, 0.3) is 18.0 Å². The number of halogens is 4. The van der Waals surface area contributed by atoms with E-state index < -0.39 is 73.6 Å². The van der Waals surface area contributed by atoms with E-state index >= 15 is 8.78 Å². The Hall–Kier alpha value is -4.53. The number of nitrogen functional groups attached to an aromatic ring is 2. The van der Waals surface area contributed by atoms with E-state index in [0.717, 1.165) is 4.52 Å². The summed E-state index contributed by atoms with van der Waals surface area (Å²) in [5, 5.41) is 44.6. The van der Waals surface area contributed by atoms with Crippen LogP contribution in [0.15, 0.2) is 32.9 Å². The zero-order valence-corrected chi connectivity index (χ0v) is 24.0. The first kappa shape index (κ1) is 32.4. The summed E-state index contributed by atoms with van der Waals surface area (Å²) in [5.41, 5.74) is 15.2. The minimum absolute atomic E-state index is 0.00464. The molecule has 2 bridgehead atoms. The van der Waals surface area contributed by atoms with Gasteiger partial charge in [0.1, 0.15) is 30.3 Å². The Morgan fingerprint density at radius 2 is 1.83 bits per heavy atom. The summed E-state index contributed by atoms with van der Waals surface area (Å²) >= 11 is 0. The summed E-state index contributed by atoms with van der Waals surface area (Å²) in [6, 6.07) is 1.57. The van der Waals surface area contributed by atoms with Crippen LogP contribution in [0.4, 0.5) is 29.3 Å². The number of aliphatic hydroxyl groups excluding tert-OH is 4. The zero-order chi connectivity index (χ0) is 33.8. The van der Waals surface area contributed by atoms with Crippen LogP contribution < -0.4 is 22.6 Å². The normalized spacial score (nSPS) is 35.4. The molecule has 11 N–H and O–H groups in total. The van der Waals surface area contributed by atoms with Crippen molar-refractivity contribution in [2.24, 2.45) is 20.7 Å².